The monoisotopic (exact) mass is 341 g/mol. The Balaban J connectivity index is 2.15. The Hall–Kier alpha value is -2.66. The number of nitrogens with zero attached hydrogens (tertiary/aromatic N) is 2. The van der Waals surface area contributed by atoms with Gasteiger partial charge >= 0.3 is 0 Å². The predicted octanol–water partition coefficient (Wildman–Crippen LogP) is 3.88. The molecule has 0 atom stereocenters. The van der Waals surface area contributed by atoms with Gasteiger partial charge in [-0.1, -0.05) is 11.6 Å². The van der Waals surface area contributed by atoms with Crippen molar-refractivity contribution in [1.82, 2.24) is 9.55 Å². The molecule has 0 aliphatic rings. The van der Waals surface area contributed by atoms with Crippen LogP contribution in [-0.4, -0.2) is 15.5 Å². The number of nitrogens with one attached hydrogen (secondary N) is 1. The van der Waals surface area contributed by atoms with Crippen LogP contribution in [0.3, 0.4) is 0 Å². The maximum absolute atomic E-state index is 12.7. The van der Waals surface area contributed by atoms with Crippen LogP contribution in [0.1, 0.15) is 30.2 Å². The molecule has 0 unspecified atom stereocenters. The van der Waals surface area contributed by atoms with Gasteiger partial charge in [-0.25, -0.2) is 0 Å². The number of benzene rings is 1. The van der Waals surface area contributed by atoms with Gasteiger partial charge in [-0.2, -0.15) is 0 Å². The summed E-state index contributed by atoms with van der Waals surface area (Å²) in [5.41, 5.74) is 1.01. The molecule has 2 aromatic heterocycles. The molecule has 5 nitrogen and oxygen atoms in total. The number of fused-ring (bicyclic) bond motifs is 1. The Morgan fingerprint density at radius 2 is 2.08 bits per heavy atom. The summed E-state index contributed by atoms with van der Waals surface area (Å²) >= 11 is 6.03. The molecule has 0 saturated carbocycles. The molecule has 1 N–H and O–H groups in total. The van der Waals surface area contributed by atoms with Crippen molar-refractivity contribution in [1.29, 1.82) is 0 Å². The number of hydrogen-bond donors (Lipinski definition) is 1. The van der Waals surface area contributed by atoms with Gasteiger partial charge in [0.05, 0.1) is 17.4 Å². The van der Waals surface area contributed by atoms with E-state index in [0.29, 0.717) is 16.1 Å². The highest BCUT2D eigenvalue weighted by Gasteiger charge is 2.17. The van der Waals surface area contributed by atoms with Crippen LogP contribution in [-0.2, 0) is 0 Å². The summed E-state index contributed by atoms with van der Waals surface area (Å²) in [5, 5.41) is 3.58. The highest BCUT2D eigenvalue weighted by Crippen LogP contribution is 2.21. The van der Waals surface area contributed by atoms with Gasteiger partial charge in [-0.3, -0.25) is 14.6 Å². The van der Waals surface area contributed by atoms with Crippen LogP contribution in [0.25, 0.3) is 10.9 Å². The highest BCUT2D eigenvalue weighted by atomic mass is 35.5. The Bertz CT molecular complexity index is 965. The van der Waals surface area contributed by atoms with Crippen LogP contribution in [0.15, 0.2) is 53.7 Å². The van der Waals surface area contributed by atoms with Gasteiger partial charge in [0.25, 0.3) is 5.91 Å². The molecule has 6 heteroatoms. The molecule has 0 fully saturated rings. The van der Waals surface area contributed by atoms with E-state index in [-0.39, 0.29) is 17.0 Å². The van der Waals surface area contributed by atoms with Gasteiger partial charge in [0.1, 0.15) is 5.56 Å². The zero-order valence-electron chi connectivity index (χ0n) is 13.3. The summed E-state index contributed by atoms with van der Waals surface area (Å²) in [7, 11) is 0. The first kappa shape index (κ1) is 16.2. The van der Waals surface area contributed by atoms with Gasteiger partial charge in [-0.05, 0) is 44.2 Å². The molecular weight excluding hydrogens is 326 g/mol. The lowest BCUT2D eigenvalue weighted by Gasteiger charge is -2.16. The maximum Gasteiger partial charge on any atom is 0.261 e. The van der Waals surface area contributed by atoms with Crippen LogP contribution in [0.4, 0.5) is 5.69 Å². The third kappa shape index (κ3) is 3.03. The van der Waals surface area contributed by atoms with Gasteiger partial charge in [0, 0.05) is 28.8 Å². The second-order valence-corrected chi connectivity index (χ2v) is 6.17. The van der Waals surface area contributed by atoms with Crippen molar-refractivity contribution in [2.75, 3.05) is 5.32 Å². The highest BCUT2D eigenvalue weighted by molar-refractivity contribution is 6.31. The summed E-state index contributed by atoms with van der Waals surface area (Å²) in [4.78, 5) is 29.2. The van der Waals surface area contributed by atoms with E-state index in [4.69, 9.17) is 11.6 Å². The first-order valence-corrected chi connectivity index (χ1v) is 7.91. The summed E-state index contributed by atoms with van der Waals surface area (Å²) in [5.74, 6) is -0.468. The normalized spacial score (nSPS) is 11.0. The van der Waals surface area contributed by atoms with Crippen molar-refractivity contribution in [2.45, 2.75) is 19.9 Å². The molecule has 0 saturated heterocycles. The van der Waals surface area contributed by atoms with E-state index in [1.807, 2.05) is 18.4 Å². The molecule has 3 rings (SSSR count). The summed E-state index contributed by atoms with van der Waals surface area (Å²) in [6.07, 6.45) is 4.73. The number of hydrogen-bond acceptors (Lipinski definition) is 3. The number of anilines is 1. The van der Waals surface area contributed by atoms with E-state index in [2.05, 4.69) is 10.3 Å². The minimum absolute atomic E-state index is 0.0716. The number of pyridine rings is 2. The first-order chi connectivity index (χ1) is 11.5. The van der Waals surface area contributed by atoms with Gasteiger partial charge in [0.2, 0.25) is 5.43 Å². The van der Waals surface area contributed by atoms with Crippen LogP contribution in [0.5, 0.6) is 0 Å². The van der Waals surface area contributed by atoms with Crippen molar-refractivity contribution in [3.63, 3.8) is 0 Å². The molecule has 1 aromatic carbocycles. The van der Waals surface area contributed by atoms with Gasteiger partial charge in [0.15, 0.2) is 0 Å². The number of carbonyl (C=O) groups excluding carboxylic acids is 1. The minimum Gasteiger partial charge on any atom is -0.344 e. The minimum atomic E-state index is -0.468. The zero-order chi connectivity index (χ0) is 17.3. The fourth-order valence-corrected chi connectivity index (χ4v) is 2.72. The average Bonchev–Trinajstić information content (AvgIpc) is 2.56. The van der Waals surface area contributed by atoms with E-state index in [0.717, 1.165) is 5.52 Å². The fraction of sp³-hybridized carbons (Fsp3) is 0.167. The quantitative estimate of drug-likeness (QED) is 0.786. The SMILES string of the molecule is CC(C)n1cc(C(=O)Nc2cccnc2)c(=O)c2cc(Cl)ccc21. The average molecular weight is 342 g/mol. The Morgan fingerprint density at radius 3 is 2.75 bits per heavy atom. The van der Waals surface area contributed by atoms with Crippen molar-refractivity contribution < 1.29 is 4.79 Å². The molecule has 0 bridgehead atoms. The molecule has 0 aliphatic heterocycles. The lowest BCUT2D eigenvalue weighted by atomic mass is 10.1. The summed E-state index contributed by atoms with van der Waals surface area (Å²) in [6, 6.07) is 8.63. The summed E-state index contributed by atoms with van der Waals surface area (Å²) < 4.78 is 1.89. The number of carbonyl (C=O) groups is 1. The molecule has 2 heterocycles. The van der Waals surface area contributed by atoms with Crippen molar-refractivity contribution in [2.24, 2.45) is 0 Å². The standard InChI is InChI=1S/C18H16ClN3O2/c1-11(2)22-10-15(18(24)21-13-4-3-7-20-9-13)17(23)14-8-12(19)5-6-16(14)22/h3-11H,1-2H3,(H,21,24). The lowest BCUT2D eigenvalue weighted by Crippen LogP contribution is -2.24. The number of aromatic nitrogens is 2. The number of halogens is 1. The molecular formula is C18H16ClN3O2. The molecule has 0 spiro atoms. The second-order valence-electron chi connectivity index (χ2n) is 5.73. The molecule has 3 aromatic rings. The molecule has 0 radical (unpaired) electrons. The smallest absolute Gasteiger partial charge is 0.261 e. The number of amides is 1. The van der Waals surface area contributed by atoms with E-state index in [9.17, 15) is 9.59 Å². The topological polar surface area (TPSA) is 64.0 Å². The van der Waals surface area contributed by atoms with Gasteiger partial charge < -0.3 is 9.88 Å². The predicted molar refractivity (Wildman–Crippen MR) is 95.8 cm³/mol. The number of rotatable bonds is 3. The first-order valence-electron chi connectivity index (χ1n) is 7.53. The van der Waals surface area contributed by atoms with E-state index >= 15 is 0 Å². The second kappa shape index (κ2) is 6.45. The van der Waals surface area contributed by atoms with E-state index in [1.165, 1.54) is 6.20 Å². The van der Waals surface area contributed by atoms with E-state index < -0.39 is 5.91 Å². The van der Waals surface area contributed by atoms with Crippen LogP contribution in [0, 0.1) is 0 Å². The van der Waals surface area contributed by atoms with Crippen molar-refractivity contribution in [3.05, 3.63) is 69.7 Å². The summed E-state index contributed by atoms with van der Waals surface area (Å²) in [6.45, 7) is 3.97. The van der Waals surface area contributed by atoms with Crippen LogP contribution >= 0.6 is 11.6 Å². The largest absolute Gasteiger partial charge is 0.344 e. The lowest BCUT2D eigenvalue weighted by molar-refractivity contribution is 0.102. The van der Waals surface area contributed by atoms with Crippen LogP contribution in [0.2, 0.25) is 5.02 Å². The molecule has 24 heavy (non-hydrogen) atoms. The Labute approximate surface area is 143 Å². The molecule has 1 amide bonds. The third-order valence-corrected chi connectivity index (χ3v) is 3.95. The Kier molecular flexibility index (Phi) is 4.36. The Morgan fingerprint density at radius 1 is 1.29 bits per heavy atom. The van der Waals surface area contributed by atoms with E-state index in [1.54, 1.807) is 42.7 Å². The molecule has 0 aliphatic carbocycles. The molecule has 122 valence electrons. The fourth-order valence-electron chi connectivity index (χ4n) is 2.55. The van der Waals surface area contributed by atoms with Crippen molar-refractivity contribution in [3.8, 4) is 0 Å². The third-order valence-electron chi connectivity index (χ3n) is 3.71. The van der Waals surface area contributed by atoms with Crippen LogP contribution < -0.4 is 10.7 Å². The van der Waals surface area contributed by atoms with Crippen molar-refractivity contribution >= 4 is 34.1 Å². The zero-order valence-corrected chi connectivity index (χ0v) is 14.0. The maximum atomic E-state index is 12.7. The van der Waals surface area contributed by atoms with Gasteiger partial charge in [-0.15, -0.1) is 0 Å².